The van der Waals surface area contributed by atoms with E-state index in [9.17, 15) is 27.6 Å². The van der Waals surface area contributed by atoms with Crippen LogP contribution in [0, 0.1) is 0 Å². The number of fused-ring (bicyclic) bond motifs is 1. The van der Waals surface area contributed by atoms with Gasteiger partial charge in [-0.2, -0.15) is 13.2 Å². The van der Waals surface area contributed by atoms with E-state index in [1.807, 2.05) is 4.90 Å². The molecule has 1 amide bonds. The lowest BCUT2D eigenvalue weighted by atomic mass is 10.1. The molecule has 0 saturated carbocycles. The molecule has 0 unspecified atom stereocenters. The number of aromatic amines is 1. The highest BCUT2D eigenvalue weighted by Crippen LogP contribution is 2.29. The van der Waals surface area contributed by atoms with Gasteiger partial charge in [-0.3, -0.25) is 14.7 Å². The van der Waals surface area contributed by atoms with Gasteiger partial charge in [0.25, 0.3) is 0 Å². The first-order chi connectivity index (χ1) is 16.2. The maximum Gasteiger partial charge on any atom is 0.417 e. The Bertz CT molecular complexity index is 1240. The maximum absolute atomic E-state index is 12.8. The molecule has 1 fully saturated rings. The van der Waals surface area contributed by atoms with Gasteiger partial charge in [0.05, 0.1) is 11.1 Å². The number of hydrogen-bond acceptors (Lipinski definition) is 6. The van der Waals surface area contributed by atoms with E-state index in [0.29, 0.717) is 49.4 Å². The zero-order valence-corrected chi connectivity index (χ0v) is 18.1. The average molecular weight is 477 g/mol. The molecule has 1 aliphatic heterocycles. The number of alkyl halides is 3. The molecule has 2 aromatic carbocycles. The number of nitrogens with one attached hydrogen (secondary N) is 1. The summed E-state index contributed by atoms with van der Waals surface area (Å²) in [5.74, 6) is -0.667. The van der Waals surface area contributed by atoms with E-state index in [1.165, 1.54) is 23.1 Å². The molecule has 34 heavy (non-hydrogen) atoms. The van der Waals surface area contributed by atoms with E-state index in [1.54, 1.807) is 12.1 Å². The lowest BCUT2D eigenvalue weighted by Crippen LogP contribution is -2.49. The summed E-state index contributed by atoms with van der Waals surface area (Å²) in [5.41, 5.74) is 0.775. The third-order valence-corrected chi connectivity index (χ3v) is 5.65. The van der Waals surface area contributed by atoms with E-state index in [2.05, 4.69) is 4.98 Å². The van der Waals surface area contributed by atoms with Crippen molar-refractivity contribution >= 4 is 23.0 Å². The van der Waals surface area contributed by atoms with Crippen LogP contribution in [0.25, 0.3) is 11.1 Å². The number of oxazole rings is 1. The van der Waals surface area contributed by atoms with Crippen LogP contribution in [0.1, 0.15) is 27.9 Å². The molecule has 0 atom stereocenters. The van der Waals surface area contributed by atoms with Crippen molar-refractivity contribution in [2.45, 2.75) is 19.2 Å². The predicted molar refractivity (Wildman–Crippen MR) is 115 cm³/mol. The van der Waals surface area contributed by atoms with Gasteiger partial charge >= 0.3 is 18.0 Å². The smallest absolute Gasteiger partial charge is 0.417 e. The first-order valence-electron chi connectivity index (χ1n) is 10.7. The lowest BCUT2D eigenvalue weighted by molar-refractivity contribution is -0.137. The first kappa shape index (κ1) is 23.6. The van der Waals surface area contributed by atoms with Crippen LogP contribution in [0.4, 0.5) is 18.0 Å². The quantitative estimate of drug-likeness (QED) is 0.545. The summed E-state index contributed by atoms with van der Waals surface area (Å²) in [6, 6.07) is 9.46. The topological polar surface area (TPSA) is 95.9 Å². The minimum Gasteiger partial charge on any atom is -0.445 e. The Morgan fingerprint density at radius 2 is 1.82 bits per heavy atom. The number of ether oxygens (including phenoxy) is 1. The second-order valence-corrected chi connectivity index (χ2v) is 7.98. The highest BCUT2D eigenvalue weighted by atomic mass is 19.4. The van der Waals surface area contributed by atoms with Gasteiger partial charge in [0.2, 0.25) is 0 Å². The Morgan fingerprint density at radius 3 is 2.56 bits per heavy atom. The molecule has 0 bridgehead atoms. The Hall–Kier alpha value is -3.60. The third-order valence-electron chi connectivity index (χ3n) is 5.65. The highest BCUT2D eigenvalue weighted by Gasteiger charge is 2.30. The van der Waals surface area contributed by atoms with E-state index in [0.717, 1.165) is 12.1 Å². The molecule has 1 aromatic heterocycles. The van der Waals surface area contributed by atoms with Crippen molar-refractivity contribution in [2.24, 2.45) is 0 Å². The van der Waals surface area contributed by atoms with E-state index >= 15 is 0 Å². The van der Waals surface area contributed by atoms with Crippen molar-refractivity contribution in [1.29, 1.82) is 0 Å². The van der Waals surface area contributed by atoms with Crippen LogP contribution in [0.15, 0.2) is 51.7 Å². The van der Waals surface area contributed by atoms with Crippen molar-refractivity contribution in [3.8, 4) is 0 Å². The highest BCUT2D eigenvalue weighted by molar-refractivity contribution is 5.98. The van der Waals surface area contributed by atoms with Crippen LogP contribution in [0.3, 0.4) is 0 Å². The van der Waals surface area contributed by atoms with Gasteiger partial charge in [-0.05, 0) is 35.9 Å². The van der Waals surface area contributed by atoms with Gasteiger partial charge in [-0.1, -0.05) is 12.1 Å². The summed E-state index contributed by atoms with van der Waals surface area (Å²) < 4.78 is 48.6. The molecule has 0 aliphatic carbocycles. The van der Waals surface area contributed by atoms with Gasteiger partial charge < -0.3 is 14.1 Å². The lowest BCUT2D eigenvalue weighted by Gasteiger charge is -2.33. The Kier molecular flexibility index (Phi) is 6.73. The molecular formula is C23H22F3N3O5. The average Bonchev–Trinajstić information content (AvgIpc) is 3.20. The SMILES string of the molecule is O=C(CCN1CCN(C(=O)OCc2cccc(C(F)(F)F)c2)CC1)c1ccc2[nH]c(=O)oc2c1. The van der Waals surface area contributed by atoms with Crippen molar-refractivity contribution < 1.29 is 31.9 Å². The largest absolute Gasteiger partial charge is 0.445 e. The number of halogens is 3. The molecule has 3 aromatic rings. The summed E-state index contributed by atoms with van der Waals surface area (Å²) >= 11 is 0. The van der Waals surface area contributed by atoms with Crippen molar-refractivity contribution in [3.63, 3.8) is 0 Å². The van der Waals surface area contributed by atoms with Gasteiger partial charge in [0.1, 0.15) is 6.61 Å². The van der Waals surface area contributed by atoms with Crippen LogP contribution in [-0.2, 0) is 17.5 Å². The monoisotopic (exact) mass is 477 g/mol. The first-order valence-corrected chi connectivity index (χ1v) is 10.7. The Balaban J connectivity index is 1.21. The normalized spacial score (nSPS) is 15.0. The minimum absolute atomic E-state index is 0.0892. The predicted octanol–water partition coefficient (Wildman–Crippen LogP) is 3.67. The Morgan fingerprint density at radius 1 is 1.06 bits per heavy atom. The molecule has 8 nitrogen and oxygen atoms in total. The fourth-order valence-electron chi connectivity index (χ4n) is 3.75. The number of aromatic nitrogens is 1. The van der Waals surface area contributed by atoms with Crippen LogP contribution in [-0.4, -0.2) is 59.4 Å². The fraction of sp³-hybridized carbons (Fsp3) is 0.348. The number of benzene rings is 2. The van der Waals surface area contributed by atoms with Gasteiger partial charge in [-0.15, -0.1) is 0 Å². The summed E-state index contributed by atoms with van der Waals surface area (Å²) in [4.78, 5) is 42.1. The molecular weight excluding hydrogens is 455 g/mol. The number of carbonyl (C=O) groups excluding carboxylic acids is 2. The molecule has 1 N–H and O–H groups in total. The van der Waals surface area contributed by atoms with Crippen molar-refractivity contribution in [2.75, 3.05) is 32.7 Å². The molecule has 0 radical (unpaired) electrons. The fourth-order valence-corrected chi connectivity index (χ4v) is 3.75. The van der Waals surface area contributed by atoms with Gasteiger partial charge in [-0.25, -0.2) is 9.59 Å². The molecule has 4 rings (SSSR count). The summed E-state index contributed by atoms with van der Waals surface area (Å²) in [6.45, 7) is 2.10. The number of hydrogen-bond donors (Lipinski definition) is 1. The van der Waals surface area contributed by atoms with E-state index < -0.39 is 23.6 Å². The van der Waals surface area contributed by atoms with Crippen LogP contribution in [0.2, 0.25) is 0 Å². The molecule has 1 saturated heterocycles. The molecule has 1 aliphatic rings. The Labute approximate surface area is 191 Å². The number of carbonyl (C=O) groups is 2. The minimum atomic E-state index is -4.46. The van der Waals surface area contributed by atoms with E-state index in [4.69, 9.17) is 9.15 Å². The number of ketones is 1. The molecule has 0 spiro atoms. The van der Waals surface area contributed by atoms with Crippen LogP contribution >= 0.6 is 0 Å². The van der Waals surface area contributed by atoms with Gasteiger partial charge in [0.15, 0.2) is 11.4 Å². The molecule has 2 heterocycles. The summed E-state index contributed by atoms with van der Waals surface area (Å²) in [7, 11) is 0. The van der Waals surface area contributed by atoms with Crippen LogP contribution in [0.5, 0.6) is 0 Å². The molecule has 11 heteroatoms. The number of piperazine rings is 1. The van der Waals surface area contributed by atoms with E-state index in [-0.39, 0.29) is 24.4 Å². The number of rotatable bonds is 6. The van der Waals surface area contributed by atoms with Gasteiger partial charge in [0, 0.05) is 44.7 Å². The molecule has 180 valence electrons. The standard InChI is InChI=1S/C23H22F3N3O5/c24-23(25,26)17-3-1-2-15(12-17)14-33-22(32)29-10-8-28(9-11-29)7-6-19(30)16-4-5-18-20(13-16)34-21(31)27-18/h1-5,12-13H,6-11,14H2,(H,27,31). The maximum atomic E-state index is 12.8. The number of H-pyrrole nitrogens is 1. The summed E-state index contributed by atoms with van der Waals surface area (Å²) in [5, 5.41) is 0. The number of nitrogens with zero attached hydrogens (tertiary/aromatic N) is 2. The van der Waals surface area contributed by atoms with Crippen LogP contribution < -0.4 is 5.76 Å². The zero-order valence-electron chi connectivity index (χ0n) is 18.1. The number of Topliss-reactive ketones (excluding diaryl/α,β-unsaturated/α-hetero) is 1. The second-order valence-electron chi connectivity index (χ2n) is 7.98. The zero-order chi connectivity index (χ0) is 24.3. The van der Waals surface area contributed by atoms with Crippen molar-refractivity contribution in [1.82, 2.24) is 14.8 Å². The second kappa shape index (κ2) is 9.72. The van der Waals surface area contributed by atoms with Crippen molar-refractivity contribution in [3.05, 3.63) is 69.7 Å². The third kappa shape index (κ3) is 5.66. The number of amides is 1. The summed E-state index contributed by atoms with van der Waals surface area (Å²) in [6.07, 6.45) is -4.78.